The zero-order chi connectivity index (χ0) is 22.1. The third-order valence-corrected chi connectivity index (χ3v) is 5.98. The van der Waals surface area contributed by atoms with Crippen molar-refractivity contribution in [2.75, 3.05) is 0 Å². The van der Waals surface area contributed by atoms with Gasteiger partial charge in [-0.1, -0.05) is 76.1 Å². The Hall–Kier alpha value is -1.97. The molecule has 0 amide bonds. The standard InChI is InChI=1S/C19H20ClNO.C7H17N/c1-12-7-8-14-5-3-4-6-16(14)19(12)22-18-10-9-15(20)11-17(18)13(2)21;1-3-5-6-7(8)4-2/h3-6,9-12,19H,2,7-8,21H2,1H3;7H,3-6,8H2,1-2H3/t12?,19-;7-/m11/s1. The maximum Gasteiger partial charge on any atom is 0.129 e. The molecule has 164 valence electrons. The summed E-state index contributed by atoms with van der Waals surface area (Å²) in [6.45, 7) is 10.4. The van der Waals surface area contributed by atoms with Crippen LogP contribution in [0.2, 0.25) is 5.02 Å². The third-order valence-electron chi connectivity index (χ3n) is 5.74. The van der Waals surface area contributed by atoms with Gasteiger partial charge in [-0.2, -0.15) is 0 Å². The summed E-state index contributed by atoms with van der Waals surface area (Å²) in [5.74, 6) is 1.19. The van der Waals surface area contributed by atoms with E-state index in [2.05, 4.69) is 51.6 Å². The highest BCUT2D eigenvalue weighted by Gasteiger charge is 2.28. The molecule has 0 saturated heterocycles. The van der Waals surface area contributed by atoms with Crippen molar-refractivity contribution in [3.8, 4) is 5.75 Å². The summed E-state index contributed by atoms with van der Waals surface area (Å²) in [5.41, 5.74) is 15.4. The van der Waals surface area contributed by atoms with Crippen molar-refractivity contribution in [2.24, 2.45) is 17.4 Å². The Bertz CT molecular complexity index is 820. The predicted octanol–water partition coefficient (Wildman–Crippen LogP) is 6.89. The number of nitrogens with two attached hydrogens (primary N) is 2. The topological polar surface area (TPSA) is 61.3 Å². The first-order valence-electron chi connectivity index (χ1n) is 11.1. The van der Waals surface area contributed by atoms with Crippen LogP contribution >= 0.6 is 11.6 Å². The molecule has 3 atom stereocenters. The molecule has 1 unspecified atom stereocenters. The van der Waals surface area contributed by atoms with E-state index in [0.29, 0.717) is 22.7 Å². The van der Waals surface area contributed by atoms with E-state index in [0.717, 1.165) is 30.6 Å². The van der Waals surface area contributed by atoms with Crippen molar-refractivity contribution in [2.45, 2.75) is 71.4 Å². The van der Waals surface area contributed by atoms with Crippen LogP contribution in [0.4, 0.5) is 0 Å². The van der Waals surface area contributed by atoms with Gasteiger partial charge in [0.2, 0.25) is 0 Å². The lowest BCUT2D eigenvalue weighted by Gasteiger charge is -2.32. The van der Waals surface area contributed by atoms with Gasteiger partial charge in [-0.05, 0) is 60.9 Å². The minimum absolute atomic E-state index is 0.0317. The molecule has 2 aromatic carbocycles. The third kappa shape index (κ3) is 6.78. The fourth-order valence-electron chi connectivity index (χ4n) is 3.72. The highest BCUT2D eigenvalue weighted by Crippen LogP contribution is 2.39. The monoisotopic (exact) mass is 428 g/mol. The van der Waals surface area contributed by atoms with Gasteiger partial charge in [0.1, 0.15) is 11.9 Å². The molecular formula is C26H37ClN2O. The summed E-state index contributed by atoms with van der Waals surface area (Å²) in [7, 11) is 0. The Morgan fingerprint density at radius 2 is 1.97 bits per heavy atom. The van der Waals surface area contributed by atoms with Crippen LogP contribution in [-0.2, 0) is 6.42 Å². The lowest BCUT2D eigenvalue weighted by molar-refractivity contribution is 0.129. The number of fused-ring (bicyclic) bond motifs is 1. The quantitative estimate of drug-likeness (QED) is 0.504. The number of ether oxygens (including phenoxy) is 1. The lowest BCUT2D eigenvalue weighted by atomic mass is 9.82. The van der Waals surface area contributed by atoms with Gasteiger partial charge in [0, 0.05) is 22.3 Å². The highest BCUT2D eigenvalue weighted by atomic mass is 35.5. The second-order valence-corrected chi connectivity index (χ2v) is 8.67. The molecule has 1 aliphatic rings. The average Bonchev–Trinajstić information content (AvgIpc) is 2.75. The minimum atomic E-state index is 0.0317. The van der Waals surface area contributed by atoms with Gasteiger partial charge >= 0.3 is 0 Å². The molecule has 30 heavy (non-hydrogen) atoms. The Kier molecular flexibility index (Phi) is 9.74. The molecule has 3 nitrogen and oxygen atoms in total. The smallest absolute Gasteiger partial charge is 0.129 e. The Labute approximate surface area is 187 Å². The van der Waals surface area contributed by atoms with Crippen LogP contribution in [0.5, 0.6) is 5.75 Å². The maximum absolute atomic E-state index is 6.34. The molecule has 3 rings (SSSR count). The molecule has 0 spiro atoms. The van der Waals surface area contributed by atoms with Gasteiger partial charge < -0.3 is 16.2 Å². The predicted molar refractivity (Wildman–Crippen MR) is 130 cm³/mol. The van der Waals surface area contributed by atoms with Crippen molar-refractivity contribution in [3.63, 3.8) is 0 Å². The molecule has 0 fully saturated rings. The number of unbranched alkanes of at least 4 members (excludes halogenated alkanes) is 1. The van der Waals surface area contributed by atoms with Gasteiger partial charge in [0.25, 0.3) is 0 Å². The number of hydrogen-bond acceptors (Lipinski definition) is 3. The van der Waals surface area contributed by atoms with E-state index in [1.165, 1.54) is 30.4 Å². The zero-order valence-corrected chi connectivity index (χ0v) is 19.4. The Morgan fingerprint density at radius 1 is 1.23 bits per heavy atom. The summed E-state index contributed by atoms with van der Waals surface area (Å²) >= 11 is 6.06. The van der Waals surface area contributed by atoms with Gasteiger partial charge in [-0.25, -0.2) is 0 Å². The number of hydrogen-bond donors (Lipinski definition) is 2. The molecule has 0 bridgehead atoms. The highest BCUT2D eigenvalue weighted by molar-refractivity contribution is 6.30. The van der Waals surface area contributed by atoms with E-state index >= 15 is 0 Å². The lowest BCUT2D eigenvalue weighted by Crippen LogP contribution is -2.23. The summed E-state index contributed by atoms with van der Waals surface area (Å²) in [6, 6.07) is 14.4. The van der Waals surface area contributed by atoms with Gasteiger partial charge in [0.15, 0.2) is 0 Å². The number of halogens is 1. The van der Waals surface area contributed by atoms with Crippen LogP contribution in [0, 0.1) is 5.92 Å². The molecule has 4 N–H and O–H groups in total. The van der Waals surface area contributed by atoms with E-state index in [1.54, 1.807) is 6.07 Å². The fraction of sp³-hybridized carbons (Fsp3) is 0.462. The molecule has 2 aromatic rings. The Balaban J connectivity index is 0.000000343. The molecule has 1 aliphatic carbocycles. The minimum Gasteiger partial charge on any atom is -0.485 e. The number of rotatable bonds is 7. The molecule has 0 aliphatic heterocycles. The summed E-state index contributed by atoms with van der Waals surface area (Å²) in [4.78, 5) is 0. The van der Waals surface area contributed by atoms with Gasteiger partial charge in [-0.15, -0.1) is 0 Å². The van der Waals surface area contributed by atoms with Crippen molar-refractivity contribution in [1.82, 2.24) is 0 Å². The fourth-order valence-corrected chi connectivity index (χ4v) is 3.90. The summed E-state index contributed by atoms with van der Waals surface area (Å²) in [5, 5.41) is 0.631. The average molecular weight is 429 g/mol. The van der Waals surface area contributed by atoms with E-state index in [1.807, 2.05) is 12.1 Å². The van der Waals surface area contributed by atoms with E-state index < -0.39 is 0 Å². The van der Waals surface area contributed by atoms with Crippen LogP contribution < -0.4 is 16.2 Å². The SMILES string of the molecule is C=C(N)c1cc(Cl)ccc1O[C@H]1c2ccccc2CCC1C.CCCC[C@H](N)CC. The largest absolute Gasteiger partial charge is 0.485 e. The van der Waals surface area contributed by atoms with Gasteiger partial charge in [-0.3, -0.25) is 0 Å². The van der Waals surface area contributed by atoms with Crippen molar-refractivity contribution in [3.05, 3.63) is 70.8 Å². The van der Waals surface area contributed by atoms with E-state index in [4.69, 9.17) is 27.8 Å². The van der Waals surface area contributed by atoms with Crippen LogP contribution in [0.3, 0.4) is 0 Å². The Morgan fingerprint density at radius 3 is 2.63 bits per heavy atom. The summed E-state index contributed by atoms with van der Waals surface area (Å²) < 4.78 is 6.34. The van der Waals surface area contributed by atoms with Crippen LogP contribution in [0.25, 0.3) is 5.70 Å². The van der Waals surface area contributed by atoms with Crippen molar-refractivity contribution >= 4 is 17.3 Å². The first-order valence-corrected chi connectivity index (χ1v) is 11.5. The van der Waals surface area contributed by atoms with Crippen molar-refractivity contribution in [1.29, 1.82) is 0 Å². The molecule has 0 aromatic heterocycles. The summed E-state index contributed by atoms with van der Waals surface area (Å²) in [6.07, 6.45) is 7.14. The molecule has 4 heteroatoms. The number of aryl methyl sites for hydroxylation is 1. The van der Waals surface area contributed by atoms with Crippen LogP contribution in [0.15, 0.2) is 49.0 Å². The molecule has 0 heterocycles. The zero-order valence-electron chi connectivity index (χ0n) is 18.7. The van der Waals surface area contributed by atoms with Crippen molar-refractivity contribution < 1.29 is 4.74 Å². The first-order chi connectivity index (χ1) is 14.4. The van der Waals surface area contributed by atoms with E-state index in [-0.39, 0.29) is 6.10 Å². The maximum atomic E-state index is 6.34. The van der Waals surface area contributed by atoms with Crippen LogP contribution in [0.1, 0.15) is 75.7 Å². The van der Waals surface area contributed by atoms with E-state index in [9.17, 15) is 0 Å². The molecule has 0 radical (unpaired) electrons. The first kappa shape index (κ1) is 24.3. The second-order valence-electron chi connectivity index (χ2n) is 8.23. The molecule has 0 saturated carbocycles. The van der Waals surface area contributed by atoms with Crippen LogP contribution in [-0.4, -0.2) is 6.04 Å². The second kappa shape index (κ2) is 12.0. The number of benzene rings is 2. The normalized spacial score (nSPS) is 18.6. The molecular weight excluding hydrogens is 392 g/mol. The van der Waals surface area contributed by atoms with Gasteiger partial charge in [0.05, 0.1) is 0 Å².